The number of carbonyl (C=O) groups is 3. The summed E-state index contributed by atoms with van der Waals surface area (Å²) in [5.41, 5.74) is 4.90. The highest BCUT2D eigenvalue weighted by Crippen LogP contribution is 1.94. The van der Waals surface area contributed by atoms with Crippen LogP contribution >= 0.6 is 0 Å². The lowest BCUT2D eigenvalue weighted by Gasteiger charge is -2.02. The van der Waals surface area contributed by atoms with Gasteiger partial charge >= 0.3 is 11.9 Å². The number of hydrogen-bond acceptors (Lipinski definition) is 4. The summed E-state index contributed by atoms with van der Waals surface area (Å²) >= 11 is 0. The van der Waals surface area contributed by atoms with E-state index in [-0.39, 0.29) is 12.8 Å². The summed E-state index contributed by atoms with van der Waals surface area (Å²) in [6.07, 6.45) is -0.734. The van der Waals surface area contributed by atoms with Crippen LogP contribution in [0.25, 0.3) is 0 Å². The van der Waals surface area contributed by atoms with E-state index in [0.717, 1.165) is 0 Å². The topological polar surface area (TPSA) is 118 Å². The van der Waals surface area contributed by atoms with Crippen molar-refractivity contribution in [2.75, 3.05) is 0 Å². The quantitative estimate of drug-likeness (QED) is 0.453. The molecule has 0 fully saturated rings. The van der Waals surface area contributed by atoms with E-state index in [4.69, 9.17) is 15.9 Å². The average molecular weight is 175 g/mol. The normalized spacial score (nSPS) is 12.1. The molecule has 0 saturated heterocycles. The molecule has 1 atom stereocenters. The monoisotopic (exact) mass is 175 g/mol. The molecule has 0 aliphatic heterocycles. The Morgan fingerprint density at radius 1 is 1.17 bits per heavy atom. The van der Waals surface area contributed by atoms with Crippen LogP contribution in [0, 0.1) is 0 Å². The summed E-state index contributed by atoms with van der Waals surface area (Å²) < 4.78 is 0. The maximum Gasteiger partial charge on any atom is 0.328 e. The molecule has 0 saturated carbocycles. The fourth-order valence-corrected chi connectivity index (χ4v) is 0.523. The fraction of sp³-hybridized carbons (Fsp3) is 0.500. The Kier molecular flexibility index (Phi) is 3.92. The van der Waals surface area contributed by atoms with Crippen molar-refractivity contribution in [1.82, 2.24) is 0 Å². The molecule has 0 aromatic heterocycles. The van der Waals surface area contributed by atoms with Gasteiger partial charge in [-0.05, 0) is 0 Å². The van der Waals surface area contributed by atoms with E-state index in [9.17, 15) is 14.4 Å². The first-order valence-electron chi connectivity index (χ1n) is 3.18. The third-order valence-electron chi connectivity index (χ3n) is 1.20. The second-order valence-corrected chi connectivity index (χ2v) is 2.18. The SMILES string of the molecule is NC(C(=O)O)C(=O)CCC(=O)O. The molecule has 6 nitrogen and oxygen atoms in total. The lowest BCUT2D eigenvalue weighted by atomic mass is 10.1. The fourth-order valence-electron chi connectivity index (χ4n) is 0.523. The van der Waals surface area contributed by atoms with E-state index < -0.39 is 23.8 Å². The minimum atomic E-state index is -1.61. The predicted molar refractivity (Wildman–Crippen MR) is 37.5 cm³/mol. The van der Waals surface area contributed by atoms with Crippen molar-refractivity contribution < 1.29 is 24.6 Å². The molecule has 1 unspecified atom stereocenters. The van der Waals surface area contributed by atoms with Gasteiger partial charge in [0.05, 0.1) is 6.42 Å². The van der Waals surface area contributed by atoms with Crippen molar-refractivity contribution in [3.63, 3.8) is 0 Å². The van der Waals surface area contributed by atoms with Gasteiger partial charge in [-0.25, -0.2) is 0 Å². The summed E-state index contributed by atoms with van der Waals surface area (Å²) in [7, 11) is 0. The van der Waals surface area contributed by atoms with E-state index in [1.54, 1.807) is 0 Å². The summed E-state index contributed by atoms with van der Waals surface area (Å²) in [4.78, 5) is 30.8. The van der Waals surface area contributed by atoms with Gasteiger partial charge < -0.3 is 15.9 Å². The number of carboxylic acids is 2. The number of aliphatic carboxylic acids is 2. The first-order chi connectivity index (χ1) is 5.45. The maximum atomic E-state index is 10.7. The van der Waals surface area contributed by atoms with Crippen LogP contribution in [0.4, 0.5) is 0 Å². The van der Waals surface area contributed by atoms with E-state index >= 15 is 0 Å². The first kappa shape index (κ1) is 10.6. The molecule has 0 radical (unpaired) electrons. The van der Waals surface area contributed by atoms with Gasteiger partial charge in [-0.15, -0.1) is 0 Å². The molecule has 0 spiro atoms. The highest BCUT2D eigenvalue weighted by atomic mass is 16.4. The van der Waals surface area contributed by atoms with Crippen LogP contribution in [0.2, 0.25) is 0 Å². The van der Waals surface area contributed by atoms with Crippen molar-refractivity contribution >= 4 is 17.7 Å². The second-order valence-electron chi connectivity index (χ2n) is 2.18. The van der Waals surface area contributed by atoms with Gasteiger partial charge in [0.25, 0.3) is 0 Å². The number of ketones is 1. The van der Waals surface area contributed by atoms with Crippen molar-refractivity contribution in [2.24, 2.45) is 5.73 Å². The molecule has 0 bridgehead atoms. The van der Waals surface area contributed by atoms with Crippen LogP contribution in [0.3, 0.4) is 0 Å². The van der Waals surface area contributed by atoms with Gasteiger partial charge in [0.2, 0.25) is 0 Å². The second kappa shape index (κ2) is 4.45. The lowest BCUT2D eigenvalue weighted by molar-refractivity contribution is -0.144. The molecule has 68 valence electrons. The number of carboxylic acid groups (broad SMARTS) is 2. The lowest BCUT2D eigenvalue weighted by Crippen LogP contribution is -2.38. The molecular weight excluding hydrogens is 166 g/mol. The highest BCUT2D eigenvalue weighted by molar-refractivity contribution is 6.02. The van der Waals surface area contributed by atoms with E-state index in [1.807, 2.05) is 0 Å². The summed E-state index contributed by atoms with van der Waals surface area (Å²) in [6, 6.07) is -1.61. The Labute approximate surface area is 68.0 Å². The zero-order chi connectivity index (χ0) is 9.72. The summed E-state index contributed by atoms with van der Waals surface area (Å²) in [6.45, 7) is 0. The molecule has 12 heavy (non-hydrogen) atoms. The van der Waals surface area contributed by atoms with Crippen LogP contribution in [0.1, 0.15) is 12.8 Å². The minimum absolute atomic E-state index is 0.344. The van der Waals surface area contributed by atoms with Crippen molar-refractivity contribution in [3.05, 3.63) is 0 Å². The van der Waals surface area contributed by atoms with Crippen molar-refractivity contribution in [1.29, 1.82) is 0 Å². The van der Waals surface area contributed by atoms with Crippen LogP contribution in [-0.4, -0.2) is 34.0 Å². The Balaban J connectivity index is 3.88. The Morgan fingerprint density at radius 2 is 1.67 bits per heavy atom. The van der Waals surface area contributed by atoms with E-state index in [2.05, 4.69) is 0 Å². The third kappa shape index (κ3) is 3.67. The first-order valence-corrected chi connectivity index (χ1v) is 3.18. The van der Waals surface area contributed by atoms with Gasteiger partial charge in [0, 0.05) is 6.42 Å². The summed E-state index contributed by atoms with van der Waals surface area (Å²) in [5.74, 6) is -3.36. The smallest absolute Gasteiger partial charge is 0.328 e. The number of Topliss-reactive ketones (excluding diaryl/α,β-unsaturated/α-hetero) is 1. The zero-order valence-corrected chi connectivity index (χ0v) is 6.19. The van der Waals surface area contributed by atoms with Crippen molar-refractivity contribution in [2.45, 2.75) is 18.9 Å². The van der Waals surface area contributed by atoms with E-state index in [1.165, 1.54) is 0 Å². The molecule has 0 rings (SSSR count). The van der Waals surface area contributed by atoms with Gasteiger partial charge in [0.1, 0.15) is 0 Å². The molecule has 0 aliphatic rings. The van der Waals surface area contributed by atoms with Crippen LogP contribution in [0.5, 0.6) is 0 Å². The van der Waals surface area contributed by atoms with Crippen LogP contribution in [0.15, 0.2) is 0 Å². The predicted octanol–water partition coefficient (Wildman–Crippen LogP) is -1.17. The maximum absolute atomic E-state index is 10.7. The Bertz CT molecular complexity index is 212. The van der Waals surface area contributed by atoms with Crippen LogP contribution < -0.4 is 5.73 Å². The molecule has 4 N–H and O–H groups in total. The standard InChI is InChI=1S/C6H9NO5/c7-5(6(11)12)3(8)1-2-4(9)10/h5H,1-2,7H2,(H,9,10)(H,11,12). The number of hydrogen-bond donors (Lipinski definition) is 3. The molecule has 0 aromatic rings. The van der Waals surface area contributed by atoms with Gasteiger partial charge in [0.15, 0.2) is 11.8 Å². The van der Waals surface area contributed by atoms with Gasteiger partial charge in [-0.1, -0.05) is 0 Å². The largest absolute Gasteiger partial charge is 0.481 e. The number of nitrogens with two attached hydrogens (primary N) is 1. The third-order valence-corrected chi connectivity index (χ3v) is 1.20. The highest BCUT2D eigenvalue weighted by Gasteiger charge is 2.20. The molecule has 0 heterocycles. The van der Waals surface area contributed by atoms with E-state index in [0.29, 0.717) is 0 Å². The molecule has 0 amide bonds. The Hall–Kier alpha value is -1.43. The molecular formula is C6H9NO5. The number of carbonyl (C=O) groups excluding carboxylic acids is 1. The zero-order valence-electron chi connectivity index (χ0n) is 6.19. The van der Waals surface area contributed by atoms with Crippen LogP contribution in [-0.2, 0) is 14.4 Å². The molecule has 6 heteroatoms. The van der Waals surface area contributed by atoms with Crippen molar-refractivity contribution in [3.8, 4) is 0 Å². The average Bonchev–Trinajstić information content (AvgIpc) is 1.98. The minimum Gasteiger partial charge on any atom is -0.481 e. The summed E-state index contributed by atoms with van der Waals surface area (Å²) in [5, 5.41) is 16.4. The Morgan fingerprint density at radius 3 is 2.00 bits per heavy atom. The molecule has 0 aliphatic carbocycles. The number of rotatable bonds is 5. The van der Waals surface area contributed by atoms with Gasteiger partial charge in [-0.3, -0.25) is 14.4 Å². The molecule has 0 aromatic carbocycles. The van der Waals surface area contributed by atoms with Gasteiger partial charge in [-0.2, -0.15) is 0 Å².